The highest BCUT2D eigenvalue weighted by molar-refractivity contribution is 6.31. The van der Waals surface area contributed by atoms with Crippen molar-refractivity contribution in [2.75, 3.05) is 20.3 Å². The van der Waals surface area contributed by atoms with Crippen LogP contribution in [0.4, 0.5) is 0 Å². The van der Waals surface area contributed by atoms with Crippen LogP contribution in [0.25, 0.3) is 11.0 Å². The monoisotopic (exact) mass is 427 g/mol. The van der Waals surface area contributed by atoms with Crippen molar-refractivity contribution in [2.45, 2.75) is 25.5 Å². The van der Waals surface area contributed by atoms with Crippen LogP contribution in [-0.4, -0.2) is 37.2 Å². The summed E-state index contributed by atoms with van der Waals surface area (Å²) in [5, 5.41) is 1.19. The standard InChI is InChI=1S/C23H22ClNO5/c1-28-20-10-4-7-15-12-18(23(27)30-21(15)20)22(26)25(14-17-8-5-11-29-17)13-16-6-2-3-9-19(16)24/h2-4,6-7,9-10,12,17H,5,8,11,13-14H2,1H3. The minimum Gasteiger partial charge on any atom is -0.493 e. The van der Waals surface area contributed by atoms with E-state index in [1.54, 1.807) is 35.2 Å². The Morgan fingerprint density at radius 1 is 1.23 bits per heavy atom. The normalized spacial score (nSPS) is 16.0. The van der Waals surface area contributed by atoms with E-state index in [1.165, 1.54) is 7.11 Å². The molecule has 1 fully saturated rings. The molecule has 0 bridgehead atoms. The maximum Gasteiger partial charge on any atom is 0.349 e. The van der Waals surface area contributed by atoms with Crippen LogP contribution in [0, 0.1) is 0 Å². The summed E-state index contributed by atoms with van der Waals surface area (Å²) in [6.07, 6.45) is 1.76. The Morgan fingerprint density at radius 3 is 2.80 bits per heavy atom. The molecular formula is C23H22ClNO5. The van der Waals surface area contributed by atoms with Crippen LogP contribution >= 0.6 is 11.6 Å². The summed E-state index contributed by atoms with van der Waals surface area (Å²) < 4.78 is 16.4. The SMILES string of the molecule is COc1cccc2cc(C(=O)N(Cc3ccccc3Cl)CC3CCCO3)c(=O)oc12. The third kappa shape index (κ3) is 4.20. The number of carbonyl (C=O) groups excluding carboxylic acids is 1. The first kappa shape index (κ1) is 20.4. The first-order chi connectivity index (χ1) is 14.6. The Morgan fingerprint density at radius 2 is 2.07 bits per heavy atom. The van der Waals surface area contributed by atoms with Crippen LogP contribution in [0.15, 0.2) is 57.7 Å². The van der Waals surface area contributed by atoms with Crippen molar-refractivity contribution in [1.82, 2.24) is 4.90 Å². The molecule has 2 aromatic carbocycles. The summed E-state index contributed by atoms with van der Waals surface area (Å²) in [4.78, 5) is 27.7. The number of amides is 1. The van der Waals surface area contributed by atoms with Crippen molar-refractivity contribution >= 4 is 28.5 Å². The molecule has 0 aliphatic carbocycles. The second-order valence-electron chi connectivity index (χ2n) is 7.24. The van der Waals surface area contributed by atoms with Gasteiger partial charge < -0.3 is 18.8 Å². The molecule has 2 heterocycles. The fraction of sp³-hybridized carbons (Fsp3) is 0.304. The number of carbonyl (C=O) groups is 1. The Bertz CT molecular complexity index is 1120. The average Bonchev–Trinajstić information content (AvgIpc) is 3.26. The van der Waals surface area contributed by atoms with Gasteiger partial charge >= 0.3 is 5.63 Å². The van der Waals surface area contributed by atoms with Gasteiger partial charge in [0.2, 0.25) is 0 Å². The number of hydrogen-bond acceptors (Lipinski definition) is 5. The van der Waals surface area contributed by atoms with Gasteiger partial charge in [0, 0.05) is 30.1 Å². The topological polar surface area (TPSA) is 69.0 Å². The number of fused-ring (bicyclic) bond motifs is 1. The highest BCUT2D eigenvalue weighted by Gasteiger charge is 2.26. The number of halogens is 1. The van der Waals surface area contributed by atoms with E-state index in [2.05, 4.69) is 0 Å². The highest BCUT2D eigenvalue weighted by atomic mass is 35.5. The average molecular weight is 428 g/mol. The van der Waals surface area contributed by atoms with Gasteiger partial charge in [0.15, 0.2) is 11.3 Å². The van der Waals surface area contributed by atoms with E-state index in [4.69, 9.17) is 25.5 Å². The van der Waals surface area contributed by atoms with Gasteiger partial charge in [0.1, 0.15) is 5.56 Å². The molecule has 0 radical (unpaired) electrons. The van der Waals surface area contributed by atoms with Gasteiger partial charge in [-0.15, -0.1) is 0 Å². The van der Waals surface area contributed by atoms with Crippen LogP contribution in [-0.2, 0) is 11.3 Å². The maximum atomic E-state index is 13.4. The van der Waals surface area contributed by atoms with Crippen molar-refractivity contribution in [3.8, 4) is 5.75 Å². The number of rotatable bonds is 6. The molecule has 7 heteroatoms. The quantitative estimate of drug-likeness (QED) is 0.549. The fourth-order valence-electron chi connectivity index (χ4n) is 3.68. The predicted octanol–water partition coefficient (Wildman–Crippen LogP) is 4.28. The molecule has 1 aromatic heterocycles. The molecule has 1 amide bonds. The number of benzene rings is 2. The zero-order valence-electron chi connectivity index (χ0n) is 16.6. The lowest BCUT2D eigenvalue weighted by Gasteiger charge is -2.26. The number of hydrogen-bond donors (Lipinski definition) is 0. The van der Waals surface area contributed by atoms with E-state index in [0.29, 0.717) is 34.9 Å². The zero-order valence-corrected chi connectivity index (χ0v) is 17.4. The van der Waals surface area contributed by atoms with Gasteiger partial charge in [0.05, 0.1) is 13.2 Å². The molecule has 0 spiro atoms. The summed E-state index contributed by atoms with van der Waals surface area (Å²) in [5.74, 6) is 0.0276. The third-order valence-corrected chi connectivity index (χ3v) is 5.60. The molecule has 4 rings (SSSR count). The first-order valence-electron chi connectivity index (χ1n) is 9.82. The lowest BCUT2D eigenvalue weighted by molar-refractivity contribution is 0.0504. The van der Waals surface area contributed by atoms with E-state index in [0.717, 1.165) is 18.4 Å². The van der Waals surface area contributed by atoms with Gasteiger partial charge in [-0.25, -0.2) is 4.79 Å². The van der Waals surface area contributed by atoms with Crippen molar-refractivity contribution in [3.05, 3.63) is 75.1 Å². The van der Waals surface area contributed by atoms with Gasteiger partial charge in [0.25, 0.3) is 5.91 Å². The molecular weight excluding hydrogens is 406 g/mol. The van der Waals surface area contributed by atoms with Gasteiger partial charge in [-0.2, -0.15) is 0 Å². The predicted molar refractivity (Wildman–Crippen MR) is 114 cm³/mol. The number of nitrogens with zero attached hydrogens (tertiary/aromatic N) is 1. The van der Waals surface area contributed by atoms with Gasteiger partial charge in [-0.3, -0.25) is 4.79 Å². The zero-order chi connectivity index (χ0) is 21.1. The summed E-state index contributed by atoms with van der Waals surface area (Å²) >= 11 is 6.32. The summed E-state index contributed by atoms with van der Waals surface area (Å²) in [5.41, 5.74) is 0.394. The fourth-order valence-corrected chi connectivity index (χ4v) is 3.88. The third-order valence-electron chi connectivity index (χ3n) is 5.23. The molecule has 156 valence electrons. The van der Waals surface area contributed by atoms with Crippen molar-refractivity contribution in [1.29, 1.82) is 0 Å². The molecule has 1 aliphatic rings. The van der Waals surface area contributed by atoms with E-state index >= 15 is 0 Å². The first-order valence-corrected chi connectivity index (χ1v) is 10.2. The molecule has 0 saturated carbocycles. The Hall–Kier alpha value is -2.83. The molecule has 1 atom stereocenters. The van der Waals surface area contributed by atoms with Gasteiger partial charge in [-0.05, 0) is 36.6 Å². The van der Waals surface area contributed by atoms with E-state index in [9.17, 15) is 9.59 Å². The molecule has 1 aliphatic heterocycles. The highest BCUT2D eigenvalue weighted by Crippen LogP contribution is 2.26. The van der Waals surface area contributed by atoms with Crippen molar-refractivity contribution in [3.63, 3.8) is 0 Å². The lowest BCUT2D eigenvalue weighted by Crippen LogP contribution is -2.39. The molecule has 3 aromatic rings. The van der Waals surface area contributed by atoms with Crippen LogP contribution in [0.3, 0.4) is 0 Å². The van der Waals surface area contributed by atoms with Crippen LogP contribution in [0.2, 0.25) is 5.02 Å². The summed E-state index contributed by atoms with van der Waals surface area (Å²) in [6, 6.07) is 14.2. The molecule has 30 heavy (non-hydrogen) atoms. The van der Waals surface area contributed by atoms with Crippen LogP contribution in [0.1, 0.15) is 28.8 Å². The largest absolute Gasteiger partial charge is 0.493 e. The Kier molecular flexibility index (Phi) is 6.06. The summed E-state index contributed by atoms with van der Waals surface area (Å²) in [7, 11) is 1.50. The second-order valence-corrected chi connectivity index (χ2v) is 7.65. The van der Waals surface area contributed by atoms with E-state index in [-0.39, 0.29) is 18.2 Å². The maximum absolute atomic E-state index is 13.4. The Labute approximate surface area is 179 Å². The van der Waals surface area contributed by atoms with E-state index < -0.39 is 11.5 Å². The second kappa shape index (κ2) is 8.90. The summed E-state index contributed by atoms with van der Waals surface area (Å²) in [6.45, 7) is 1.32. The number of para-hydroxylation sites is 1. The van der Waals surface area contributed by atoms with Crippen molar-refractivity contribution < 1.29 is 18.7 Å². The minimum atomic E-state index is -0.700. The molecule has 6 nitrogen and oxygen atoms in total. The van der Waals surface area contributed by atoms with Crippen LogP contribution < -0.4 is 10.4 Å². The molecule has 1 unspecified atom stereocenters. The van der Waals surface area contributed by atoms with E-state index in [1.807, 2.05) is 18.2 Å². The molecule has 0 N–H and O–H groups in total. The van der Waals surface area contributed by atoms with Crippen molar-refractivity contribution in [2.24, 2.45) is 0 Å². The van der Waals surface area contributed by atoms with Gasteiger partial charge in [-0.1, -0.05) is 41.9 Å². The number of methoxy groups -OCH3 is 1. The Balaban J connectivity index is 1.70. The molecule has 1 saturated heterocycles. The smallest absolute Gasteiger partial charge is 0.349 e. The van der Waals surface area contributed by atoms with Crippen LogP contribution in [0.5, 0.6) is 5.75 Å². The number of ether oxygens (including phenoxy) is 2. The lowest BCUT2D eigenvalue weighted by atomic mass is 10.1. The minimum absolute atomic E-state index is 0.0270.